The second kappa shape index (κ2) is 5.89. The number of benzene rings is 1. The second-order valence-electron chi connectivity index (χ2n) is 4.33. The molecule has 2 rings (SSSR count). The fourth-order valence-electron chi connectivity index (χ4n) is 2.09. The molecule has 1 aromatic rings. The molecule has 0 saturated carbocycles. The molecule has 1 aliphatic heterocycles. The van der Waals surface area contributed by atoms with Gasteiger partial charge in [0.05, 0.1) is 11.8 Å². The van der Waals surface area contributed by atoms with E-state index in [1.165, 1.54) is 0 Å². The number of anilines is 1. The Hall–Kier alpha value is -1.26. The van der Waals surface area contributed by atoms with E-state index in [4.69, 9.17) is 15.2 Å². The highest BCUT2D eigenvalue weighted by Crippen LogP contribution is 2.19. The van der Waals surface area contributed by atoms with E-state index < -0.39 is 0 Å². The predicted octanol–water partition coefficient (Wildman–Crippen LogP) is 1.37. The molecule has 1 unspecified atom stereocenters. The Balaban J connectivity index is 1.72. The number of nitrogen functional groups attached to an aromatic ring is 1. The summed E-state index contributed by atoms with van der Waals surface area (Å²) in [7, 11) is 1.77. The standard InChI is InChI=1S/C13H20N2O2/c1-16-11-6-7-15(10-11)8-9-17-13-5-3-2-4-12(13)14/h2-5,11H,6-10,14H2,1H3. The minimum Gasteiger partial charge on any atom is -0.490 e. The molecule has 94 valence electrons. The normalized spacial score (nSPS) is 20.6. The summed E-state index contributed by atoms with van der Waals surface area (Å²) in [5, 5.41) is 0. The van der Waals surface area contributed by atoms with Crippen LogP contribution in [0.3, 0.4) is 0 Å². The Morgan fingerprint density at radius 1 is 1.41 bits per heavy atom. The Kier molecular flexibility index (Phi) is 4.23. The van der Waals surface area contributed by atoms with E-state index in [0.717, 1.165) is 31.8 Å². The highest BCUT2D eigenvalue weighted by atomic mass is 16.5. The van der Waals surface area contributed by atoms with Gasteiger partial charge in [-0.25, -0.2) is 0 Å². The highest BCUT2D eigenvalue weighted by molar-refractivity contribution is 5.51. The molecule has 17 heavy (non-hydrogen) atoms. The fraction of sp³-hybridized carbons (Fsp3) is 0.538. The number of methoxy groups -OCH3 is 1. The van der Waals surface area contributed by atoms with Gasteiger partial charge in [-0.1, -0.05) is 12.1 Å². The minimum absolute atomic E-state index is 0.386. The average molecular weight is 236 g/mol. The van der Waals surface area contributed by atoms with Crippen molar-refractivity contribution in [2.75, 3.05) is 39.1 Å². The van der Waals surface area contributed by atoms with E-state index in [9.17, 15) is 0 Å². The van der Waals surface area contributed by atoms with Gasteiger partial charge < -0.3 is 15.2 Å². The van der Waals surface area contributed by atoms with Gasteiger partial charge in [-0.15, -0.1) is 0 Å². The third kappa shape index (κ3) is 3.35. The first-order chi connectivity index (χ1) is 8.29. The lowest BCUT2D eigenvalue weighted by molar-refractivity contribution is 0.106. The molecule has 2 N–H and O–H groups in total. The van der Waals surface area contributed by atoms with Gasteiger partial charge in [-0.3, -0.25) is 4.90 Å². The Morgan fingerprint density at radius 2 is 2.24 bits per heavy atom. The lowest BCUT2D eigenvalue weighted by Gasteiger charge is -2.16. The summed E-state index contributed by atoms with van der Waals surface area (Å²) in [4.78, 5) is 2.35. The van der Waals surface area contributed by atoms with Crippen LogP contribution < -0.4 is 10.5 Å². The van der Waals surface area contributed by atoms with Crippen LogP contribution in [0.4, 0.5) is 5.69 Å². The first-order valence-corrected chi connectivity index (χ1v) is 6.02. The number of hydrogen-bond acceptors (Lipinski definition) is 4. The van der Waals surface area contributed by atoms with Gasteiger partial charge in [0.2, 0.25) is 0 Å². The lowest BCUT2D eigenvalue weighted by atomic mass is 10.3. The maximum Gasteiger partial charge on any atom is 0.142 e. The van der Waals surface area contributed by atoms with Crippen molar-refractivity contribution in [3.8, 4) is 5.75 Å². The van der Waals surface area contributed by atoms with Crippen molar-refractivity contribution in [2.24, 2.45) is 0 Å². The van der Waals surface area contributed by atoms with Crippen LogP contribution in [0.2, 0.25) is 0 Å². The second-order valence-corrected chi connectivity index (χ2v) is 4.33. The third-order valence-corrected chi connectivity index (χ3v) is 3.15. The van der Waals surface area contributed by atoms with Crippen molar-refractivity contribution in [2.45, 2.75) is 12.5 Å². The van der Waals surface area contributed by atoms with Gasteiger partial charge in [-0.05, 0) is 18.6 Å². The molecule has 0 aromatic heterocycles. The summed E-state index contributed by atoms with van der Waals surface area (Å²) < 4.78 is 11.0. The van der Waals surface area contributed by atoms with Crippen LogP contribution in [0, 0.1) is 0 Å². The largest absolute Gasteiger partial charge is 0.490 e. The van der Waals surface area contributed by atoms with Crippen LogP contribution >= 0.6 is 0 Å². The minimum atomic E-state index is 0.386. The lowest BCUT2D eigenvalue weighted by Crippen LogP contribution is -2.27. The molecule has 1 fully saturated rings. The van der Waals surface area contributed by atoms with E-state index in [-0.39, 0.29) is 0 Å². The first-order valence-electron chi connectivity index (χ1n) is 6.02. The Labute approximate surface area is 102 Å². The molecule has 1 heterocycles. The predicted molar refractivity (Wildman–Crippen MR) is 68.2 cm³/mol. The number of nitrogens with zero attached hydrogens (tertiary/aromatic N) is 1. The third-order valence-electron chi connectivity index (χ3n) is 3.15. The zero-order chi connectivity index (χ0) is 12.1. The SMILES string of the molecule is COC1CCN(CCOc2ccccc2N)C1. The molecule has 4 nitrogen and oxygen atoms in total. The van der Waals surface area contributed by atoms with Crippen LogP contribution in [-0.4, -0.2) is 44.4 Å². The van der Waals surface area contributed by atoms with Crippen molar-refractivity contribution >= 4 is 5.69 Å². The average Bonchev–Trinajstić information content (AvgIpc) is 2.80. The molecule has 4 heteroatoms. The smallest absolute Gasteiger partial charge is 0.142 e. The van der Waals surface area contributed by atoms with Gasteiger partial charge in [0, 0.05) is 26.7 Å². The summed E-state index contributed by atoms with van der Waals surface area (Å²) in [6, 6.07) is 7.60. The number of hydrogen-bond donors (Lipinski definition) is 1. The number of para-hydroxylation sites is 2. The van der Waals surface area contributed by atoms with Crippen molar-refractivity contribution in [3.63, 3.8) is 0 Å². The monoisotopic (exact) mass is 236 g/mol. The summed E-state index contributed by atoms with van der Waals surface area (Å²) in [5.41, 5.74) is 6.50. The highest BCUT2D eigenvalue weighted by Gasteiger charge is 2.21. The summed E-state index contributed by atoms with van der Waals surface area (Å²) in [6.07, 6.45) is 1.50. The quantitative estimate of drug-likeness (QED) is 0.784. The summed E-state index contributed by atoms with van der Waals surface area (Å²) in [6.45, 7) is 3.69. The van der Waals surface area contributed by atoms with Crippen LogP contribution in [-0.2, 0) is 4.74 Å². The zero-order valence-electron chi connectivity index (χ0n) is 10.3. The van der Waals surface area contributed by atoms with Crippen molar-refractivity contribution in [1.82, 2.24) is 4.90 Å². The maximum absolute atomic E-state index is 5.80. The van der Waals surface area contributed by atoms with Crippen LogP contribution in [0.1, 0.15) is 6.42 Å². The van der Waals surface area contributed by atoms with Crippen molar-refractivity contribution in [3.05, 3.63) is 24.3 Å². The van der Waals surface area contributed by atoms with E-state index in [0.29, 0.717) is 18.4 Å². The molecule has 0 amide bonds. The van der Waals surface area contributed by atoms with Gasteiger partial charge in [-0.2, -0.15) is 0 Å². The number of nitrogens with two attached hydrogens (primary N) is 1. The maximum atomic E-state index is 5.80. The van der Waals surface area contributed by atoms with Crippen LogP contribution in [0.15, 0.2) is 24.3 Å². The van der Waals surface area contributed by atoms with Gasteiger partial charge >= 0.3 is 0 Å². The van der Waals surface area contributed by atoms with Crippen LogP contribution in [0.25, 0.3) is 0 Å². The number of ether oxygens (including phenoxy) is 2. The zero-order valence-corrected chi connectivity index (χ0v) is 10.3. The molecule has 0 spiro atoms. The molecular weight excluding hydrogens is 216 g/mol. The fourth-order valence-corrected chi connectivity index (χ4v) is 2.09. The molecule has 1 aromatic carbocycles. The molecule has 0 radical (unpaired) electrons. The molecule has 1 atom stereocenters. The topological polar surface area (TPSA) is 47.7 Å². The van der Waals surface area contributed by atoms with Gasteiger partial charge in [0.1, 0.15) is 12.4 Å². The Bertz CT molecular complexity index is 357. The number of likely N-dealkylation sites (tertiary alicyclic amines) is 1. The van der Waals surface area contributed by atoms with Crippen LogP contribution in [0.5, 0.6) is 5.75 Å². The summed E-state index contributed by atoms with van der Waals surface area (Å²) in [5.74, 6) is 0.773. The van der Waals surface area contributed by atoms with E-state index in [1.54, 1.807) is 7.11 Å². The molecule has 1 aliphatic rings. The molecule has 1 saturated heterocycles. The Morgan fingerprint density at radius 3 is 2.94 bits per heavy atom. The van der Waals surface area contributed by atoms with Gasteiger partial charge in [0.15, 0.2) is 0 Å². The van der Waals surface area contributed by atoms with Crippen molar-refractivity contribution in [1.29, 1.82) is 0 Å². The van der Waals surface area contributed by atoms with E-state index in [1.807, 2.05) is 24.3 Å². The molecular formula is C13H20N2O2. The number of rotatable bonds is 5. The van der Waals surface area contributed by atoms with Crippen molar-refractivity contribution < 1.29 is 9.47 Å². The van der Waals surface area contributed by atoms with Gasteiger partial charge in [0.25, 0.3) is 0 Å². The van der Waals surface area contributed by atoms with E-state index >= 15 is 0 Å². The molecule has 0 bridgehead atoms. The van der Waals surface area contributed by atoms with E-state index in [2.05, 4.69) is 4.90 Å². The molecule has 0 aliphatic carbocycles. The summed E-state index contributed by atoms with van der Waals surface area (Å²) >= 11 is 0. The first kappa shape index (κ1) is 12.2.